The first-order valence-corrected chi connectivity index (χ1v) is 11.1. The predicted octanol–water partition coefficient (Wildman–Crippen LogP) is 4.67. The Morgan fingerprint density at radius 2 is 1.87 bits per heavy atom. The predicted molar refractivity (Wildman–Crippen MR) is 124 cm³/mol. The molecule has 2 heterocycles. The fourth-order valence-corrected chi connectivity index (χ4v) is 3.52. The van der Waals surface area contributed by atoms with Crippen LogP contribution in [-0.4, -0.2) is 47.0 Å². The van der Waals surface area contributed by atoms with Gasteiger partial charge in [-0.05, 0) is 77.0 Å². The topological polar surface area (TPSA) is 77.2 Å². The smallest absolute Gasteiger partial charge is 0.317 e. The van der Waals surface area contributed by atoms with Crippen molar-refractivity contribution < 1.29 is 9.59 Å². The van der Waals surface area contributed by atoms with Crippen LogP contribution >= 0.6 is 0 Å². The van der Waals surface area contributed by atoms with Gasteiger partial charge in [0.15, 0.2) is 0 Å². The Hall–Kier alpha value is -2.50. The first-order chi connectivity index (χ1) is 14.2. The average Bonchev–Trinajstić information content (AvgIpc) is 3.08. The van der Waals surface area contributed by atoms with E-state index in [-0.39, 0.29) is 17.5 Å². The summed E-state index contributed by atoms with van der Waals surface area (Å²) >= 11 is 0. The number of nitrogens with zero attached hydrogens (tertiary/aromatic N) is 1. The number of aromatic amines is 1. The van der Waals surface area contributed by atoms with Gasteiger partial charge in [-0.1, -0.05) is 25.2 Å². The largest absolute Gasteiger partial charge is 0.351 e. The number of urea groups is 1. The highest BCUT2D eigenvalue weighted by Crippen LogP contribution is 2.44. The van der Waals surface area contributed by atoms with Crippen molar-refractivity contribution in [3.05, 3.63) is 35.2 Å². The number of allylic oxidation sites excluding steroid dienone is 2. The highest BCUT2D eigenvalue weighted by atomic mass is 16.2. The lowest BCUT2D eigenvalue weighted by Gasteiger charge is -2.26. The summed E-state index contributed by atoms with van der Waals surface area (Å²) in [6.45, 7) is 14.6. The molecule has 6 heteroatoms. The summed E-state index contributed by atoms with van der Waals surface area (Å²) in [4.78, 5) is 28.4. The van der Waals surface area contributed by atoms with Crippen LogP contribution in [0.25, 0.3) is 12.2 Å². The molecule has 6 nitrogen and oxygen atoms in total. The first-order valence-electron chi connectivity index (χ1n) is 11.1. The number of rotatable bonds is 5. The lowest BCUT2D eigenvalue weighted by Crippen LogP contribution is -2.48. The van der Waals surface area contributed by atoms with Crippen LogP contribution in [0, 0.1) is 11.8 Å². The van der Waals surface area contributed by atoms with E-state index in [1.165, 1.54) is 6.42 Å². The summed E-state index contributed by atoms with van der Waals surface area (Å²) in [5.41, 5.74) is 2.52. The molecule has 2 unspecified atom stereocenters. The number of H-pyrrole nitrogens is 1. The van der Waals surface area contributed by atoms with E-state index in [0.717, 1.165) is 42.6 Å². The number of hydrogen-bond donors (Lipinski definition) is 3. The molecule has 1 aliphatic heterocycles. The minimum absolute atomic E-state index is 0.0607. The Morgan fingerprint density at radius 3 is 2.40 bits per heavy atom. The third-order valence-corrected chi connectivity index (χ3v) is 5.08. The maximum Gasteiger partial charge on any atom is 0.317 e. The monoisotopic (exact) mass is 414 g/mol. The highest BCUT2D eigenvalue weighted by molar-refractivity contribution is 5.94. The van der Waals surface area contributed by atoms with Crippen molar-refractivity contribution in [2.75, 3.05) is 19.6 Å². The lowest BCUT2D eigenvalue weighted by atomic mass is 10.1. The molecule has 2 atom stereocenters. The Balaban J connectivity index is 0.000000220. The van der Waals surface area contributed by atoms with Crippen molar-refractivity contribution in [1.29, 1.82) is 0 Å². The molecule has 1 aromatic rings. The van der Waals surface area contributed by atoms with E-state index in [9.17, 15) is 9.59 Å². The standard InChI is InChI=1S/C14H20N2O.C10H18N2O/c1-4-7-9-11-10-13(14(17)15-6-3)16-12(11)8-5-2;1-10(2,3)11-9(13)12-5-7-4-8(7)6-12/h5,7-10,16H,4,6H2,1-3H3,(H,15,17);7-8H,4-6H2,1-3H3,(H,11,13)/b8-5-,9-7+;. The Kier molecular flexibility index (Phi) is 8.33. The normalized spacial score (nSPS) is 20.1. The van der Waals surface area contributed by atoms with E-state index < -0.39 is 0 Å². The summed E-state index contributed by atoms with van der Waals surface area (Å²) in [5.74, 6) is 1.59. The van der Waals surface area contributed by atoms with Crippen molar-refractivity contribution in [3.63, 3.8) is 0 Å². The van der Waals surface area contributed by atoms with Crippen LogP contribution < -0.4 is 10.6 Å². The summed E-state index contributed by atoms with van der Waals surface area (Å²) in [6.07, 6.45) is 10.4. The number of nitrogens with one attached hydrogen (secondary N) is 3. The van der Waals surface area contributed by atoms with E-state index >= 15 is 0 Å². The molecule has 0 bridgehead atoms. The zero-order valence-corrected chi connectivity index (χ0v) is 19.3. The van der Waals surface area contributed by atoms with Gasteiger partial charge >= 0.3 is 6.03 Å². The van der Waals surface area contributed by atoms with Gasteiger partial charge in [-0.15, -0.1) is 0 Å². The third kappa shape index (κ3) is 7.08. The number of piperidine rings is 1. The highest BCUT2D eigenvalue weighted by Gasteiger charge is 2.46. The van der Waals surface area contributed by atoms with Crippen LogP contribution in [0.5, 0.6) is 0 Å². The number of aromatic nitrogens is 1. The molecule has 30 heavy (non-hydrogen) atoms. The van der Waals surface area contributed by atoms with E-state index in [1.807, 2.05) is 63.8 Å². The van der Waals surface area contributed by atoms with Gasteiger partial charge in [-0.3, -0.25) is 4.79 Å². The molecule has 3 amide bonds. The third-order valence-electron chi connectivity index (χ3n) is 5.08. The molecular formula is C24H38N4O2. The maximum absolute atomic E-state index is 11.7. The van der Waals surface area contributed by atoms with Crippen molar-refractivity contribution in [2.45, 2.75) is 59.9 Å². The lowest BCUT2D eigenvalue weighted by molar-refractivity contribution is 0.0951. The van der Waals surface area contributed by atoms with Gasteiger partial charge in [-0.25, -0.2) is 4.79 Å². The number of amides is 3. The van der Waals surface area contributed by atoms with E-state index in [2.05, 4.69) is 28.6 Å². The van der Waals surface area contributed by atoms with Crippen LogP contribution in [0.4, 0.5) is 4.79 Å². The van der Waals surface area contributed by atoms with Gasteiger partial charge in [0.2, 0.25) is 0 Å². The van der Waals surface area contributed by atoms with Crippen LogP contribution in [0.15, 0.2) is 18.2 Å². The molecule has 0 aromatic carbocycles. The Bertz CT molecular complexity index is 776. The molecule has 1 saturated heterocycles. The summed E-state index contributed by atoms with van der Waals surface area (Å²) < 4.78 is 0. The van der Waals surface area contributed by atoms with Gasteiger partial charge in [0.1, 0.15) is 5.69 Å². The molecule has 1 saturated carbocycles. The number of fused-ring (bicyclic) bond motifs is 1. The van der Waals surface area contributed by atoms with E-state index in [0.29, 0.717) is 12.2 Å². The maximum atomic E-state index is 11.7. The quantitative estimate of drug-likeness (QED) is 0.655. The van der Waals surface area contributed by atoms with Crippen molar-refractivity contribution in [2.24, 2.45) is 11.8 Å². The van der Waals surface area contributed by atoms with Crippen LogP contribution in [-0.2, 0) is 0 Å². The second-order valence-corrected chi connectivity index (χ2v) is 9.06. The number of hydrogen-bond acceptors (Lipinski definition) is 2. The van der Waals surface area contributed by atoms with Crippen LogP contribution in [0.3, 0.4) is 0 Å². The second kappa shape index (κ2) is 10.5. The Morgan fingerprint density at radius 1 is 1.20 bits per heavy atom. The molecule has 3 N–H and O–H groups in total. The molecule has 2 fully saturated rings. The van der Waals surface area contributed by atoms with Gasteiger partial charge in [-0.2, -0.15) is 0 Å². The average molecular weight is 415 g/mol. The van der Waals surface area contributed by atoms with E-state index in [1.54, 1.807) is 0 Å². The molecule has 3 rings (SSSR count). The zero-order chi connectivity index (χ0) is 22.3. The first kappa shape index (κ1) is 23.8. The Labute approximate surface area is 181 Å². The van der Waals surface area contributed by atoms with Gasteiger partial charge in [0.05, 0.1) is 0 Å². The molecule has 2 aliphatic rings. The molecule has 1 aliphatic carbocycles. The molecule has 166 valence electrons. The fourth-order valence-electron chi connectivity index (χ4n) is 3.52. The number of carbonyl (C=O) groups excluding carboxylic acids is 2. The van der Waals surface area contributed by atoms with Gasteiger partial charge in [0.25, 0.3) is 5.91 Å². The molecule has 0 spiro atoms. The number of carbonyl (C=O) groups is 2. The minimum atomic E-state index is -0.107. The van der Waals surface area contributed by atoms with E-state index in [4.69, 9.17) is 0 Å². The van der Waals surface area contributed by atoms with Gasteiger partial charge < -0.3 is 20.5 Å². The molecular weight excluding hydrogens is 376 g/mol. The van der Waals surface area contributed by atoms with Crippen LogP contribution in [0.2, 0.25) is 0 Å². The van der Waals surface area contributed by atoms with Gasteiger partial charge in [0, 0.05) is 30.9 Å². The van der Waals surface area contributed by atoms with Crippen LogP contribution in [0.1, 0.15) is 76.1 Å². The van der Waals surface area contributed by atoms with Crippen molar-refractivity contribution >= 4 is 24.1 Å². The van der Waals surface area contributed by atoms with Crippen molar-refractivity contribution in [3.8, 4) is 0 Å². The number of likely N-dealkylation sites (tertiary alicyclic amines) is 1. The summed E-state index contributed by atoms with van der Waals surface area (Å²) in [7, 11) is 0. The van der Waals surface area contributed by atoms with Crippen molar-refractivity contribution in [1.82, 2.24) is 20.5 Å². The summed E-state index contributed by atoms with van der Waals surface area (Å²) in [6, 6.07) is 1.99. The zero-order valence-electron chi connectivity index (χ0n) is 19.3. The molecule has 0 radical (unpaired) electrons. The summed E-state index contributed by atoms with van der Waals surface area (Å²) in [5, 5.41) is 5.77. The minimum Gasteiger partial charge on any atom is -0.351 e. The fraction of sp³-hybridized carbons (Fsp3) is 0.583. The second-order valence-electron chi connectivity index (χ2n) is 9.06. The SMILES string of the molecule is C/C=C\c1[nH]c(C(=O)NCC)cc1/C=C/CC.CC(C)(C)NC(=O)N1CC2CC2C1. The molecule has 1 aromatic heterocycles.